The van der Waals surface area contributed by atoms with Gasteiger partial charge in [-0.25, -0.2) is 4.98 Å². The van der Waals surface area contributed by atoms with Gasteiger partial charge in [0.2, 0.25) is 0 Å². The van der Waals surface area contributed by atoms with Crippen LogP contribution in [-0.2, 0) is 0 Å². The van der Waals surface area contributed by atoms with Crippen molar-refractivity contribution in [1.29, 1.82) is 0 Å². The number of hydrogen-bond donors (Lipinski definition) is 0. The van der Waals surface area contributed by atoms with Crippen molar-refractivity contribution in [3.8, 4) is 0 Å². The van der Waals surface area contributed by atoms with Crippen molar-refractivity contribution < 1.29 is 14.0 Å². The summed E-state index contributed by atoms with van der Waals surface area (Å²) in [6.07, 6.45) is 5.70. The predicted octanol–water partition coefficient (Wildman–Crippen LogP) is 1.87. The first kappa shape index (κ1) is 16.6. The van der Waals surface area contributed by atoms with E-state index in [2.05, 4.69) is 9.88 Å². The second-order valence-electron chi connectivity index (χ2n) is 6.66. The van der Waals surface area contributed by atoms with Gasteiger partial charge in [-0.3, -0.25) is 9.59 Å². The van der Waals surface area contributed by atoms with Gasteiger partial charge in [0.15, 0.2) is 5.76 Å². The van der Waals surface area contributed by atoms with Crippen molar-refractivity contribution in [3.63, 3.8) is 0 Å². The molecule has 26 heavy (non-hydrogen) atoms. The maximum atomic E-state index is 12.7. The number of carbonyl (C=O) groups excluding carboxylic acids is 2. The molecule has 0 unspecified atom stereocenters. The van der Waals surface area contributed by atoms with Crippen LogP contribution in [0.25, 0.3) is 0 Å². The van der Waals surface area contributed by atoms with Crippen LogP contribution in [0.3, 0.4) is 0 Å². The lowest BCUT2D eigenvalue weighted by molar-refractivity contribution is 0.0515. The Kier molecular flexibility index (Phi) is 4.60. The molecule has 0 saturated carbocycles. The minimum Gasteiger partial charge on any atom is -0.459 e. The molecule has 4 rings (SSSR count). The maximum absolute atomic E-state index is 12.7. The van der Waals surface area contributed by atoms with Gasteiger partial charge in [0, 0.05) is 39.3 Å². The molecule has 0 radical (unpaired) electrons. The first-order chi connectivity index (χ1) is 12.7. The second-order valence-corrected chi connectivity index (χ2v) is 6.66. The summed E-state index contributed by atoms with van der Waals surface area (Å²) < 4.78 is 5.16. The molecule has 2 aliphatic heterocycles. The van der Waals surface area contributed by atoms with Crippen molar-refractivity contribution >= 4 is 17.5 Å². The number of rotatable bonds is 3. The van der Waals surface area contributed by atoms with Gasteiger partial charge >= 0.3 is 0 Å². The highest BCUT2D eigenvalue weighted by Gasteiger charge is 2.27. The molecule has 2 aromatic rings. The van der Waals surface area contributed by atoms with E-state index in [1.807, 2.05) is 6.07 Å². The molecule has 2 aromatic heterocycles. The molecule has 0 bridgehead atoms. The highest BCUT2D eigenvalue weighted by atomic mass is 16.3. The van der Waals surface area contributed by atoms with Gasteiger partial charge in [-0.2, -0.15) is 0 Å². The van der Waals surface area contributed by atoms with Crippen molar-refractivity contribution in [1.82, 2.24) is 14.8 Å². The lowest BCUT2D eigenvalue weighted by atomic mass is 10.2. The normalized spacial score (nSPS) is 17.6. The maximum Gasteiger partial charge on any atom is 0.289 e. The van der Waals surface area contributed by atoms with E-state index in [0.29, 0.717) is 37.6 Å². The van der Waals surface area contributed by atoms with Crippen molar-refractivity contribution in [2.24, 2.45) is 0 Å². The monoisotopic (exact) mass is 354 g/mol. The topological polar surface area (TPSA) is 69.9 Å². The molecule has 136 valence electrons. The molecule has 2 saturated heterocycles. The number of pyridine rings is 1. The minimum absolute atomic E-state index is 0.0805. The van der Waals surface area contributed by atoms with Gasteiger partial charge < -0.3 is 19.1 Å². The molecule has 0 aliphatic carbocycles. The van der Waals surface area contributed by atoms with Crippen molar-refractivity contribution in [2.75, 3.05) is 44.2 Å². The predicted molar refractivity (Wildman–Crippen MR) is 96.2 cm³/mol. The van der Waals surface area contributed by atoms with Gasteiger partial charge in [-0.05, 0) is 37.1 Å². The Morgan fingerprint density at radius 1 is 0.885 bits per heavy atom. The van der Waals surface area contributed by atoms with Crippen LogP contribution in [0.4, 0.5) is 5.69 Å². The van der Waals surface area contributed by atoms with Crippen molar-refractivity contribution in [2.45, 2.75) is 12.8 Å². The third-order valence-corrected chi connectivity index (χ3v) is 5.02. The second kappa shape index (κ2) is 7.19. The Balaban J connectivity index is 1.35. The number of amides is 2. The van der Waals surface area contributed by atoms with Crippen LogP contribution < -0.4 is 4.90 Å². The van der Waals surface area contributed by atoms with E-state index < -0.39 is 0 Å². The molecule has 7 nitrogen and oxygen atoms in total. The number of carbonyl (C=O) groups is 2. The van der Waals surface area contributed by atoms with Gasteiger partial charge in [-0.15, -0.1) is 0 Å². The molecule has 7 heteroatoms. The van der Waals surface area contributed by atoms with Crippen LogP contribution in [0.2, 0.25) is 0 Å². The third kappa shape index (κ3) is 3.29. The van der Waals surface area contributed by atoms with Crippen LogP contribution in [0.1, 0.15) is 33.9 Å². The Morgan fingerprint density at radius 3 is 2.15 bits per heavy atom. The summed E-state index contributed by atoms with van der Waals surface area (Å²) in [6.45, 7) is 4.11. The lowest BCUT2D eigenvalue weighted by Gasteiger charge is -2.34. The fraction of sp³-hybridized carbons (Fsp3) is 0.421. The van der Waals surface area contributed by atoms with Crippen LogP contribution in [0.5, 0.6) is 0 Å². The molecule has 2 amide bonds. The minimum atomic E-state index is -0.129. The summed E-state index contributed by atoms with van der Waals surface area (Å²) in [5.41, 5.74) is 1.53. The molecule has 2 aliphatic rings. The molecular weight excluding hydrogens is 332 g/mol. The van der Waals surface area contributed by atoms with E-state index in [1.165, 1.54) is 19.1 Å². The fourth-order valence-electron chi connectivity index (χ4n) is 3.51. The van der Waals surface area contributed by atoms with E-state index in [1.54, 1.807) is 34.2 Å². The third-order valence-electron chi connectivity index (χ3n) is 5.02. The zero-order valence-corrected chi connectivity index (χ0v) is 14.6. The van der Waals surface area contributed by atoms with E-state index >= 15 is 0 Å². The summed E-state index contributed by atoms with van der Waals surface area (Å²) in [6, 6.07) is 7.13. The Morgan fingerprint density at radius 2 is 1.58 bits per heavy atom. The molecule has 4 heterocycles. The quantitative estimate of drug-likeness (QED) is 0.842. The SMILES string of the molecule is O=C(c1ccc(N2CCCC2)cn1)N1CCN(C(=O)c2ccco2)CC1. The number of hydrogen-bond acceptors (Lipinski definition) is 5. The number of furan rings is 1. The molecule has 0 atom stereocenters. The van der Waals surface area contributed by atoms with Gasteiger partial charge in [0.05, 0.1) is 18.1 Å². The molecule has 0 aromatic carbocycles. The van der Waals surface area contributed by atoms with E-state index in [4.69, 9.17) is 4.42 Å². The number of aromatic nitrogens is 1. The molecule has 2 fully saturated rings. The zero-order chi connectivity index (χ0) is 17.9. The van der Waals surface area contributed by atoms with Crippen LogP contribution in [0, 0.1) is 0 Å². The average Bonchev–Trinajstić information content (AvgIpc) is 3.41. The Hall–Kier alpha value is -2.83. The number of nitrogens with zero attached hydrogens (tertiary/aromatic N) is 4. The Labute approximate surface area is 152 Å². The first-order valence-electron chi connectivity index (χ1n) is 9.05. The van der Waals surface area contributed by atoms with E-state index in [0.717, 1.165) is 18.8 Å². The smallest absolute Gasteiger partial charge is 0.289 e. The molecular formula is C19H22N4O3. The van der Waals surface area contributed by atoms with E-state index in [9.17, 15) is 9.59 Å². The van der Waals surface area contributed by atoms with Crippen LogP contribution >= 0.6 is 0 Å². The Bertz CT molecular complexity index is 759. The number of anilines is 1. The number of piperazine rings is 1. The average molecular weight is 354 g/mol. The van der Waals surface area contributed by atoms with Gasteiger partial charge in [0.1, 0.15) is 5.69 Å². The largest absolute Gasteiger partial charge is 0.459 e. The highest BCUT2D eigenvalue weighted by Crippen LogP contribution is 2.19. The zero-order valence-electron chi connectivity index (χ0n) is 14.6. The summed E-state index contributed by atoms with van der Waals surface area (Å²) in [5.74, 6) is 0.127. The summed E-state index contributed by atoms with van der Waals surface area (Å²) in [5, 5.41) is 0. The van der Waals surface area contributed by atoms with Gasteiger partial charge in [0.25, 0.3) is 11.8 Å². The van der Waals surface area contributed by atoms with Gasteiger partial charge in [-0.1, -0.05) is 0 Å². The fourth-order valence-corrected chi connectivity index (χ4v) is 3.51. The molecule has 0 N–H and O–H groups in total. The standard InChI is InChI=1S/C19H22N4O3/c24-18(16-6-5-15(14-20-16)21-7-1-2-8-21)22-9-11-23(12-10-22)19(25)17-4-3-13-26-17/h3-6,13-14H,1-2,7-12H2. The highest BCUT2D eigenvalue weighted by molar-refractivity contribution is 5.93. The molecule has 0 spiro atoms. The van der Waals surface area contributed by atoms with Crippen LogP contribution in [-0.4, -0.2) is 65.9 Å². The summed E-state index contributed by atoms with van der Waals surface area (Å²) >= 11 is 0. The van der Waals surface area contributed by atoms with E-state index in [-0.39, 0.29) is 11.8 Å². The first-order valence-corrected chi connectivity index (χ1v) is 9.05. The van der Waals surface area contributed by atoms with Crippen LogP contribution in [0.15, 0.2) is 41.1 Å². The summed E-state index contributed by atoms with van der Waals surface area (Å²) in [7, 11) is 0. The van der Waals surface area contributed by atoms with Crippen molar-refractivity contribution in [3.05, 3.63) is 48.2 Å². The lowest BCUT2D eigenvalue weighted by Crippen LogP contribution is -2.50. The summed E-state index contributed by atoms with van der Waals surface area (Å²) in [4.78, 5) is 35.1.